The first-order chi connectivity index (χ1) is 15.7. The first-order valence-electron chi connectivity index (χ1n) is 10.4. The van der Waals surface area contributed by atoms with E-state index in [2.05, 4.69) is 15.6 Å². The summed E-state index contributed by atoms with van der Waals surface area (Å²) < 4.78 is 31.1. The van der Waals surface area contributed by atoms with Crippen molar-refractivity contribution >= 4 is 44.1 Å². The summed E-state index contributed by atoms with van der Waals surface area (Å²) in [5, 5.41) is 7.80. The number of ether oxygens (including phenoxy) is 1. The Hall–Kier alpha value is -2.88. The molecule has 0 saturated heterocycles. The number of rotatable bonds is 10. The van der Waals surface area contributed by atoms with Crippen LogP contribution in [0.2, 0.25) is 5.02 Å². The molecule has 0 atom stereocenters. The van der Waals surface area contributed by atoms with E-state index in [4.69, 9.17) is 16.3 Å². The van der Waals surface area contributed by atoms with Gasteiger partial charge < -0.3 is 15.4 Å². The molecule has 3 aromatic rings. The molecule has 2 N–H and O–H groups in total. The minimum absolute atomic E-state index is 0.149. The molecule has 0 aliphatic carbocycles. The number of halogens is 1. The van der Waals surface area contributed by atoms with Gasteiger partial charge in [0.1, 0.15) is 5.75 Å². The molecule has 176 valence electrons. The standard InChI is InChI=1S/C23H27ClN4O4S/c1-16-13-18(33(30,31)28(2)3)6-8-22(16)32-15-23(29)27-11-4-10-25-20-9-12-26-21-14-17(24)5-7-19(20)21/h5-9,12-14H,4,10-11,15H2,1-3H3,(H,25,26)(H,27,29). The van der Waals surface area contributed by atoms with Crippen LogP contribution >= 0.6 is 11.6 Å². The van der Waals surface area contributed by atoms with Crippen molar-refractivity contribution in [3.63, 3.8) is 0 Å². The molecule has 0 radical (unpaired) electrons. The zero-order valence-electron chi connectivity index (χ0n) is 18.8. The SMILES string of the molecule is Cc1cc(S(=O)(=O)N(C)C)ccc1OCC(=O)NCCCNc1ccnc2cc(Cl)ccc12. The molecule has 0 aliphatic rings. The second-order valence-electron chi connectivity index (χ2n) is 7.65. The summed E-state index contributed by atoms with van der Waals surface area (Å²) in [7, 11) is -0.563. The second kappa shape index (κ2) is 10.8. The molecule has 0 unspecified atom stereocenters. The molecule has 0 bridgehead atoms. The van der Waals surface area contributed by atoms with Crippen LogP contribution in [-0.4, -0.2) is 57.4 Å². The summed E-state index contributed by atoms with van der Waals surface area (Å²) in [6, 6.07) is 12.0. The van der Waals surface area contributed by atoms with Crippen LogP contribution in [0.3, 0.4) is 0 Å². The number of aryl methyl sites for hydroxylation is 1. The van der Waals surface area contributed by atoms with Crippen LogP contribution < -0.4 is 15.4 Å². The third-order valence-electron chi connectivity index (χ3n) is 4.98. The molecule has 1 heterocycles. The molecule has 10 heteroatoms. The van der Waals surface area contributed by atoms with Crippen LogP contribution in [0.1, 0.15) is 12.0 Å². The van der Waals surface area contributed by atoms with E-state index >= 15 is 0 Å². The topological polar surface area (TPSA) is 101 Å². The number of nitrogens with one attached hydrogen (secondary N) is 2. The normalized spacial score (nSPS) is 11.5. The van der Waals surface area contributed by atoms with Crippen LogP contribution in [-0.2, 0) is 14.8 Å². The Morgan fingerprint density at radius 1 is 1.12 bits per heavy atom. The quantitative estimate of drug-likeness (QED) is 0.422. The van der Waals surface area contributed by atoms with Gasteiger partial charge in [-0.1, -0.05) is 11.6 Å². The number of carbonyl (C=O) groups is 1. The van der Waals surface area contributed by atoms with Crippen molar-refractivity contribution in [1.29, 1.82) is 0 Å². The van der Waals surface area contributed by atoms with Gasteiger partial charge in [-0.25, -0.2) is 12.7 Å². The lowest BCUT2D eigenvalue weighted by atomic mass is 10.2. The van der Waals surface area contributed by atoms with Gasteiger partial charge in [0, 0.05) is 49.5 Å². The fourth-order valence-electron chi connectivity index (χ4n) is 3.16. The molecular formula is C23H27ClN4O4S. The number of nitrogens with zero attached hydrogens (tertiary/aromatic N) is 2. The van der Waals surface area contributed by atoms with E-state index in [1.54, 1.807) is 19.2 Å². The zero-order chi connectivity index (χ0) is 24.0. The maximum Gasteiger partial charge on any atom is 0.257 e. The minimum atomic E-state index is -3.52. The lowest BCUT2D eigenvalue weighted by Crippen LogP contribution is -2.30. The zero-order valence-corrected chi connectivity index (χ0v) is 20.3. The molecule has 3 rings (SSSR count). The van der Waals surface area contributed by atoms with Crippen molar-refractivity contribution in [1.82, 2.24) is 14.6 Å². The van der Waals surface area contributed by atoms with E-state index in [9.17, 15) is 13.2 Å². The second-order valence-corrected chi connectivity index (χ2v) is 10.2. The van der Waals surface area contributed by atoms with Gasteiger partial charge in [0.05, 0.1) is 10.4 Å². The molecule has 8 nitrogen and oxygen atoms in total. The van der Waals surface area contributed by atoms with Gasteiger partial charge in [-0.05, 0) is 61.4 Å². The lowest BCUT2D eigenvalue weighted by molar-refractivity contribution is -0.123. The van der Waals surface area contributed by atoms with Crippen molar-refractivity contribution in [2.75, 3.05) is 39.1 Å². The van der Waals surface area contributed by atoms with Crippen molar-refractivity contribution in [2.24, 2.45) is 0 Å². The highest BCUT2D eigenvalue weighted by Gasteiger charge is 2.18. The monoisotopic (exact) mass is 490 g/mol. The van der Waals surface area contributed by atoms with Gasteiger partial charge in [0.25, 0.3) is 5.91 Å². The van der Waals surface area contributed by atoms with Crippen LogP contribution in [0.4, 0.5) is 5.69 Å². The van der Waals surface area contributed by atoms with Crippen LogP contribution in [0.15, 0.2) is 53.6 Å². The van der Waals surface area contributed by atoms with Gasteiger partial charge in [0.2, 0.25) is 10.0 Å². The predicted octanol–water partition coefficient (Wildman–Crippen LogP) is 3.44. The Labute approximate surface area is 199 Å². The maximum absolute atomic E-state index is 12.2. The van der Waals surface area contributed by atoms with Crippen molar-refractivity contribution in [3.8, 4) is 5.75 Å². The first kappa shape index (κ1) is 24.8. The summed E-state index contributed by atoms with van der Waals surface area (Å²) in [6.45, 7) is 2.75. The number of hydrogen-bond donors (Lipinski definition) is 2. The number of benzene rings is 2. The first-order valence-corrected chi connectivity index (χ1v) is 12.2. The highest BCUT2D eigenvalue weighted by molar-refractivity contribution is 7.89. The summed E-state index contributed by atoms with van der Waals surface area (Å²) >= 11 is 6.02. The molecule has 0 aliphatic heterocycles. The predicted molar refractivity (Wildman–Crippen MR) is 130 cm³/mol. The summed E-state index contributed by atoms with van der Waals surface area (Å²) in [4.78, 5) is 16.6. The van der Waals surface area contributed by atoms with Crippen molar-refractivity contribution in [3.05, 3.63) is 59.2 Å². The van der Waals surface area contributed by atoms with E-state index < -0.39 is 10.0 Å². The third-order valence-corrected chi connectivity index (χ3v) is 7.03. The van der Waals surface area contributed by atoms with E-state index in [1.807, 2.05) is 24.3 Å². The average Bonchev–Trinajstić information content (AvgIpc) is 2.77. The highest BCUT2D eigenvalue weighted by atomic mass is 35.5. The summed E-state index contributed by atoms with van der Waals surface area (Å²) in [6.07, 6.45) is 2.45. The fourth-order valence-corrected chi connectivity index (χ4v) is 4.32. The number of fused-ring (bicyclic) bond motifs is 1. The molecule has 2 aromatic carbocycles. The van der Waals surface area contributed by atoms with Gasteiger partial charge in [-0.15, -0.1) is 0 Å². The van der Waals surface area contributed by atoms with Crippen LogP contribution in [0.25, 0.3) is 10.9 Å². The van der Waals surface area contributed by atoms with Crippen molar-refractivity contribution in [2.45, 2.75) is 18.2 Å². The van der Waals surface area contributed by atoms with Gasteiger partial charge in [-0.3, -0.25) is 9.78 Å². The molecular weight excluding hydrogens is 464 g/mol. The Kier molecular flexibility index (Phi) is 8.12. The number of hydrogen-bond acceptors (Lipinski definition) is 6. The number of anilines is 1. The largest absolute Gasteiger partial charge is 0.484 e. The fraction of sp³-hybridized carbons (Fsp3) is 0.304. The molecule has 0 saturated carbocycles. The van der Waals surface area contributed by atoms with E-state index in [0.29, 0.717) is 29.4 Å². The summed E-state index contributed by atoms with van der Waals surface area (Å²) in [5.41, 5.74) is 2.42. The Morgan fingerprint density at radius 3 is 2.64 bits per heavy atom. The maximum atomic E-state index is 12.2. The number of aromatic nitrogens is 1. The number of pyridine rings is 1. The average molecular weight is 491 g/mol. The lowest BCUT2D eigenvalue weighted by Gasteiger charge is -2.14. The van der Waals surface area contributed by atoms with Gasteiger partial charge in [0.15, 0.2) is 6.61 Å². The van der Waals surface area contributed by atoms with E-state index in [1.165, 1.54) is 26.2 Å². The van der Waals surface area contributed by atoms with E-state index in [-0.39, 0.29) is 17.4 Å². The van der Waals surface area contributed by atoms with E-state index in [0.717, 1.165) is 27.3 Å². The van der Waals surface area contributed by atoms with Gasteiger partial charge >= 0.3 is 0 Å². The number of sulfonamides is 1. The van der Waals surface area contributed by atoms with Gasteiger partial charge in [-0.2, -0.15) is 0 Å². The Balaban J connectivity index is 1.43. The minimum Gasteiger partial charge on any atom is -0.484 e. The third kappa shape index (κ3) is 6.34. The smallest absolute Gasteiger partial charge is 0.257 e. The van der Waals surface area contributed by atoms with Crippen LogP contribution in [0.5, 0.6) is 5.75 Å². The Morgan fingerprint density at radius 2 is 1.91 bits per heavy atom. The van der Waals surface area contributed by atoms with Crippen LogP contribution in [0, 0.1) is 6.92 Å². The molecule has 0 fully saturated rings. The number of carbonyl (C=O) groups excluding carboxylic acids is 1. The van der Waals surface area contributed by atoms with Crippen molar-refractivity contribution < 1.29 is 17.9 Å². The number of amides is 1. The Bertz CT molecular complexity index is 1250. The highest BCUT2D eigenvalue weighted by Crippen LogP contribution is 2.24. The molecule has 33 heavy (non-hydrogen) atoms. The molecule has 1 aromatic heterocycles. The molecule has 0 spiro atoms. The molecule has 1 amide bonds. The summed E-state index contributed by atoms with van der Waals surface area (Å²) in [5.74, 6) is 0.220.